The van der Waals surface area contributed by atoms with Gasteiger partial charge in [-0.15, -0.1) is 28.5 Å². The lowest BCUT2D eigenvalue weighted by Crippen LogP contribution is -2.36. The summed E-state index contributed by atoms with van der Waals surface area (Å²) in [6, 6.07) is 9.24. The maximum absolute atomic E-state index is 12.5. The fourth-order valence-corrected chi connectivity index (χ4v) is 3.47. The maximum Gasteiger partial charge on any atom is 0.573 e. The van der Waals surface area contributed by atoms with Gasteiger partial charge >= 0.3 is 6.36 Å². The minimum atomic E-state index is -4.77. The van der Waals surface area contributed by atoms with Crippen LogP contribution >= 0.6 is 0 Å². The van der Waals surface area contributed by atoms with Gasteiger partial charge in [-0.2, -0.15) is 4.52 Å². The number of aromatic nitrogens is 4. The van der Waals surface area contributed by atoms with Crippen LogP contribution in [0.1, 0.15) is 32.6 Å². The van der Waals surface area contributed by atoms with E-state index in [1.165, 1.54) is 22.7 Å². The lowest BCUT2D eigenvalue weighted by molar-refractivity contribution is -0.274. The van der Waals surface area contributed by atoms with Crippen LogP contribution in [0, 0.1) is 0 Å². The molecule has 0 spiro atoms. The number of halogens is 3. The Morgan fingerprint density at radius 3 is 2.66 bits per heavy atom. The second-order valence-corrected chi connectivity index (χ2v) is 7.50. The van der Waals surface area contributed by atoms with E-state index in [0.29, 0.717) is 35.7 Å². The minimum Gasteiger partial charge on any atom is -0.406 e. The molecule has 1 fully saturated rings. The van der Waals surface area contributed by atoms with Gasteiger partial charge in [0.05, 0.1) is 5.60 Å². The minimum absolute atomic E-state index is 0.184. The Hall–Kier alpha value is -2.88. The van der Waals surface area contributed by atoms with E-state index in [0.717, 1.165) is 12.8 Å². The molecule has 1 aliphatic carbocycles. The first-order chi connectivity index (χ1) is 13.7. The van der Waals surface area contributed by atoms with Crippen molar-refractivity contribution in [3.05, 3.63) is 36.4 Å². The Bertz CT molecular complexity index is 1010. The molecule has 7 nitrogen and oxygen atoms in total. The van der Waals surface area contributed by atoms with Gasteiger partial charge in [0.15, 0.2) is 11.5 Å². The van der Waals surface area contributed by atoms with Crippen molar-refractivity contribution in [2.24, 2.45) is 0 Å². The van der Waals surface area contributed by atoms with Gasteiger partial charge in [0, 0.05) is 11.6 Å². The standard InChI is InChI=1S/C19H20F3N5O2/c1-18(28)9-7-13(8-10-18)23-15-5-6-16-24-25-17(27(16)26-15)12-3-2-4-14(11-12)29-19(20,21)22/h2-6,11,13,28H,7-10H2,1H3,(H,23,26)/t13-,18-. The zero-order valence-electron chi connectivity index (χ0n) is 15.6. The first-order valence-corrected chi connectivity index (χ1v) is 9.26. The maximum atomic E-state index is 12.5. The number of alkyl halides is 3. The highest BCUT2D eigenvalue weighted by molar-refractivity contribution is 5.61. The van der Waals surface area contributed by atoms with Crippen LogP contribution < -0.4 is 10.1 Å². The van der Waals surface area contributed by atoms with Crippen molar-refractivity contribution in [3.8, 4) is 17.1 Å². The molecule has 0 atom stereocenters. The molecule has 1 saturated carbocycles. The number of rotatable bonds is 4. The van der Waals surface area contributed by atoms with Gasteiger partial charge in [-0.1, -0.05) is 12.1 Å². The van der Waals surface area contributed by atoms with E-state index >= 15 is 0 Å². The van der Waals surface area contributed by atoms with E-state index in [1.807, 2.05) is 6.92 Å². The summed E-state index contributed by atoms with van der Waals surface area (Å²) in [4.78, 5) is 0. The number of hydrogen-bond donors (Lipinski definition) is 2. The van der Waals surface area contributed by atoms with Crippen molar-refractivity contribution in [1.29, 1.82) is 0 Å². The molecule has 0 amide bonds. The highest BCUT2D eigenvalue weighted by Gasteiger charge is 2.31. The number of aliphatic hydroxyl groups is 1. The van der Waals surface area contributed by atoms with Crippen LogP contribution in [0.5, 0.6) is 5.75 Å². The molecule has 10 heteroatoms. The quantitative estimate of drug-likeness (QED) is 0.685. The number of ether oxygens (including phenoxy) is 1. The van der Waals surface area contributed by atoms with Crippen molar-refractivity contribution in [2.75, 3.05) is 5.32 Å². The SMILES string of the molecule is C[C@]1(O)CC[C@H](Nc2ccc3nnc(-c4cccc(OC(F)(F)F)c4)n3n2)CC1. The van der Waals surface area contributed by atoms with Crippen molar-refractivity contribution >= 4 is 11.5 Å². The van der Waals surface area contributed by atoms with Gasteiger partial charge in [0.25, 0.3) is 0 Å². The van der Waals surface area contributed by atoms with E-state index in [-0.39, 0.29) is 11.8 Å². The van der Waals surface area contributed by atoms with E-state index in [4.69, 9.17) is 0 Å². The third-order valence-electron chi connectivity index (χ3n) is 5.00. The van der Waals surface area contributed by atoms with Gasteiger partial charge < -0.3 is 15.2 Å². The van der Waals surface area contributed by atoms with E-state index < -0.39 is 12.0 Å². The van der Waals surface area contributed by atoms with Gasteiger partial charge in [0.1, 0.15) is 11.6 Å². The highest BCUT2D eigenvalue weighted by Crippen LogP contribution is 2.30. The number of fused-ring (bicyclic) bond motifs is 1. The smallest absolute Gasteiger partial charge is 0.406 e. The molecular formula is C19H20F3N5O2. The normalized spacial score (nSPS) is 22.6. The fourth-order valence-electron chi connectivity index (χ4n) is 3.47. The van der Waals surface area contributed by atoms with E-state index in [9.17, 15) is 18.3 Å². The van der Waals surface area contributed by atoms with Crippen molar-refractivity contribution in [3.63, 3.8) is 0 Å². The highest BCUT2D eigenvalue weighted by atomic mass is 19.4. The topological polar surface area (TPSA) is 84.6 Å². The Morgan fingerprint density at radius 2 is 1.93 bits per heavy atom. The Balaban J connectivity index is 1.59. The summed E-state index contributed by atoms with van der Waals surface area (Å²) in [5, 5.41) is 26.0. The third-order valence-corrected chi connectivity index (χ3v) is 5.00. The Labute approximate surface area is 164 Å². The van der Waals surface area contributed by atoms with Crippen LogP contribution in [0.25, 0.3) is 17.0 Å². The molecule has 154 valence electrons. The largest absolute Gasteiger partial charge is 0.573 e. The van der Waals surface area contributed by atoms with Gasteiger partial charge in [0.2, 0.25) is 0 Å². The molecule has 2 N–H and O–H groups in total. The molecule has 4 rings (SSSR count). The molecule has 3 aromatic rings. The molecule has 1 aliphatic rings. The lowest BCUT2D eigenvalue weighted by atomic mass is 9.84. The van der Waals surface area contributed by atoms with E-state index in [2.05, 4.69) is 25.3 Å². The monoisotopic (exact) mass is 407 g/mol. The lowest BCUT2D eigenvalue weighted by Gasteiger charge is -2.33. The van der Waals surface area contributed by atoms with Crippen LogP contribution in [0.15, 0.2) is 36.4 Å². The summed E-state index contributed by atoms with van der Waals surface area (Å²) >= 11 is 0. The predicted octanol–water partition coefficient (Wildman–Crippen LogP) is 3.80. The summed E-state index contributed by atoms with van der Waals surface area (Å²) in [6.45, 7) is 1.84. The number of nitrogens with one attached hydrogen (secondary N) is 1. The predicted molar refractivity (Wildman–Crippen MR) is 99.4 cm³/mol. The van der Waals surface area contributed by atoms with Crippen molar-refractivity contribution in [1.82, 2.24) is 19.8 Å². The molecule has 0 bridgehead atoms. The van der Waals surface area contributed by atoms with Crippen LogP contribution in [-0.4, -0.2) is 42.9 Å². The van der Waals surface area contributed by atoms with Crippen molar-refractivity contribution in [2.45, 2.75) is 50.6 Å². The summed E-state index contributed by atoms with van der Waals surface area (Å²) in [6.07, 6.45) is -1.73. The second-order valence-electron chi connectivity index (χ2n) is 7.50. The summed E-state index contributed by atoms with van der Waals surface area (Å²) in [5.41, 5.74) is 0.248. The average Bonchev–Trinajstić information content (AvgIpc) is 3.05. The first-order valence-electron chi connectivity index (χ1n) is 9.26. The van der Waals surface area contributed by atoms with Crippen LogP contribution in [0.3, 0.4) is 0 Å². The molecule has 0 aliphatic heterocycles. The zero-order valence-corrected chi connectivity index (χ0v) is 15.6. The molecule has 1 aromatic carbocycles. The van der Waals surface area contributed by atoms with Crippen LogP contribution in [0.2, 0.25) is 0 Å². The van der Waals surface area contributed by atoms with Crippen LogP contribution in [0.4, 0.5) is 19.0 Å². The molecule has 2 aromatic heterocycles. The molecule has 0 radical (unpaired) electrons. The summed E-state index contributed by atoms with van der Waals surface area (Å²) in [5.74, 6) is 0.575. The third kappa shape index (κ3) is 4.58. The zero-order chi connectivity index (χ0) is 20.6. The second kappa shape index (κ2) is 7.18. The molecule has 0 unspecified atom stereocenters. The van der Waals surface area contributed by atoms with E-state index in [1.54, 1.807) is 18.2 Å². The Kier molecular flexibility index (Phi) is 4.81. The first kappa shape index (κ1) is 19.4. The molecule has 29 heavy (non-hydrogen) atoms. The number of anilines is 1. The number of hydrogen-bond acceptors (Lipinski definition) is 6. The molecule has 0 saturated heterocycles. The summed E-state index contributed by atoms with van der Waals surface area (Å²) < 4.78 is 43.0. The molecular weight excluding hydrogens is 387 g/mol. The number of nitrogens with zero attached hydrogens (tertiary/aromatic N) is 4. The molecule has 2 heterocycles. The Morgan fingerprint density at radius 1 is 1.17 bits per heavy atom. The van der Waals surface area contributed by atoms with Gasteiger partial charge in [-0.3, -0.25) is 0 Å². The van der Waals surface area contributed by atoms with Gasteiger partial charge in [-0.05, 0) is 56.9 Å². The van der Waals surface area contributed by atoms with Crippen LogP contribution in [-0.2, 0) is 0 Å². The fraction of sp³-hybridized carbons (Fsp3) is 0.421. The average molecular weight is 407 g/mol. The van der Waals surface area contributed by atoms with Crippen molar-refractivity contribution < 1.29 is 23.0 Å². The van der Waals surface area contributed by atoms with Gasteiger partial charge in [-0.25, -0.2) is 0 Å². The summed E-state index contributed by atoms with van der Waals surface area (Å²) in [7, 11) is 0. The number of benzene rings is 1.